The zero-order valence-corrected chi connectivity index (χ0v) is 13.3. The average molecular weight is 317 g/mol. The van der Waals surface area contributed by atoms with Crippen molar-refractivity contribution in [2.45, 2.75) is 25.7 Å². The molecule has 1 fully saturated rings. The summed E-state index contributed by atoms with van der Waals surface area (Å²) in [4.78, 5) is 26.2. The number of nitrogens with zero attached hydrogens (tertiary/aromatic N) is 3. The van der Waals surface area contributed by atoms with Crippen LogP contribution < -0.4 is 0 Å². The van der Waals surface area contributed by atoms with E-state index in [0.717, 1.165) is 12.0 Å². The minimum absolute atomic E-state index is 0.0351. The second kappa shape index (κ2) is 6.10. The van der Waals surface area contributed by atoms with E-state index in [0.29, 0.717) is 18.8 Å². The molecular weight excluding hydrogens is 297 g/mol. The van der Waals surface area contributed by atoms with E-state index in [9.17, 15) is 14.0 Å². The quantitative estimate of drug-likeness (QED) is 0.856. The highest BCUT2D eigenvalue weighted by Crippen LogP contribution is 2.29. The van der Waals surface area contributed by atoms with Crippen LogP contribution in [0.4, 0.5) is 4.39 Å². The normalized spacial score (nSPS) is 24.3. The van der Waals surface area contributed by atoms with Gasteiger partial charge in [0.1, 0.15) is 5.82 Å². The van der Waals surface area contributed by atoms with Crippen LogP contribution in [0.2, 0.25) is 0 Å². The third kappa shape index (κ3) is 3.11. The van der Waals surface area contributed by atoms with Crippen LogP contribution in [0, 0.1) is 11.7 Å². The SMILES string of the molecule is CC1=NN(C)C(=O)[C@H]1CC(=O)N1CC[C@H](c2cccc(F)c2)C1. The Bertz CT molecular complexity index is 674. The lowest BCUT2D eigenvalue weighted by molar-refractivity contribution is -0.136. The van der Waals surface area contributed by atoms with Gasteiger partial charge in [-0.1, -0.05) is 12.1 Å². The maximum absolute atomic E-state index is 13.3. The zero-order valence-electron chi connectivity index (χ0n) is 13.3. The van der Waals surface area contributed by atoms with Crippen molar-refractivity contribution in [1.82, 2.24) is 9.91 Å². The molecule has 1 aromatic rings. The monoisotopic (exact) mass is 317 g/mol. The number of likely N-dealkylation sites (tertiary alicyclic amines) is 1. The van der Waals surface area contributed by atoms with Gasteiger partial charge in [0.05, 0.1) is 5.92 Å². The minimum atomic E-state index is -0.444. The molecule has 5 nitrogen and oxygen atoms in total. The number of hydrogen-bond acceptors (Lipinski definition) is 3. The summed E-state index contributed by atoms with van der Waals surface area (Å²) >= 11 is 0. The summed E-state index contributed by atoms with van der Waals surface area (Å²) in [6, 6.07) is 6.55. The van der Waals surface area contributed by atoms with E-state index in [1.165, 1.54) is 17.1 Å². The van der Waals surface area contributed by atoms with Crippen LogP contribution >= 0.6 is 0 Å². The minimum Gasteiger partial charge on any atom is -0.342 e. The molecule has 0 bridgehead atoms. The highest BCUT2D eigenvalue weighted by Gasteiger charge is 2.36. The van der Waals surface area contributed by atoms with Crippen LogP contribution in [-0.4, -0.2) is 47.6 Å². The van der Waals surface area contributed by atoms with Crippen molar-refractivity contribution < 1.29 is 14.0 Å². The molecule has 1 aromatic carbocycles. The van der Waals surface area contributed by atoms with E-state index in [1.54, 1.807) is 24.9 Å². The summed E-state index contributed by atoms with van der Waals surface area (Å²) in [5, 5.41) is 5.39. The number of rotatable bonds is 3. The van der Waals surface area contributed by atoms with Crippen molar-refractivity contribution in [1.29, 1.82) is 0 Å². The van der Waals surface area contributed by atoms with E-state index in [4.69, 9.17) is 0 Å². The predicted octanol–water partition coefficient (Wildman–Crippen LogP) is 2.00. The average Bonchev–Trinajstić information content (AvgIpc) is 3.09. The molecule has 2 aliphatic heterocycles. The van der Waals surface area contributed by atoms with Crippen molar-refractivity contribution in [2.75, 3.05) is 20.1 Å². The Labute approximate surface area is 134 Å². The van der Waals surface area contributed by atoms with Crippen molar-refractivity contribution in [2.24, 2.45) is 11.0 Å². The number of carbonyl (C=O) groups excluding carboxylic acids is 2. The summed E-state index contributed by atoms with van der Waals surface area (Å²) < 4.78 is 13.3. The lowest BCUT2D eigenvalue weighted by Gasteiger charge is -2.19. The predicted molar refractivity (Wildman–Crippen MR) is 84.3 cm³/mol. The summed E-state index contributed by atoms with van der Waals surface area (Å²) in [5.41, 5.74) is 1.61. The Kier molecular flexibility index (Phi) is 4.15. The van der Waals surface area contributed by atoms with Crippen LogP contribution in [0.5, 0.6) is 0 Å². The first-order valence-electron chi connectivity index (χ1n) is 7.81. The highest BCUT2D eigenvalue weighted by atomic mass is 19.1. The van der Waals surface area contributed by atoms with Crippen LogP contribution in [-0.2, 0) is 9.59 Å². The van der Waals surface area contributed by atoms with Crippen molar-refractivity contribution in [3.63, 3.8) is 0 Å². The summed E-state index contributed by atoms with van der Waals surface area (Å²) in [6.45, 7) is 3.00. The topological polar surface area (TPSA) is 53.0 Å². The van der Waals surface area contributed by atoms with Crippen molar-refractivity contribution in [3.8, 4) is 0 Å². The molecule has 2 heterocycles. The van der Waals surface area contributed by atoms with Crippen molar-refractivity contribution >= 4 is 17.5 Å². The Morgan fingerprint density at radius 1 is 1.43 bits per heavy atom. The lowest BCUT2D eigenvalue weighted by atomic mass is 9.98. The van der Waals surface area contributed by atoms with Gasteiger partial charge in [0.15, 0.2) is 0 Å². The summed E-state index contributed by atoms with van der Waals surface area (Å²) in [5.74, 6) is -0.699. The number of hydrogen-bond donors (Lipinski definition) is 0. The third-order valence-electron chi connectivity index (χ3n) is 4.67. The first-order chi connectivity index (χ1) is 11.0. The fourth-order valence-corrected chi connectivity index (χ4v) is 3.32. The summed E-state index contributed by atoms with van der Waals surface area (Å²) in [6.07, 6.45) is 0.981. The van der Waals surface area contributed by atoms with Gasteiger partial charge >= 0.3 is 0 Å². The molecule has 3 rings (SSSR count). The molecule has 0 aliphatic carbocycles. The van der Waals surface area contributed by atoms with Gasteiger partial charge in [-0.25, -0.2) is 9.40 Å². The highest BCUT2D eigenvalue weighted by molar-refractivity contribution is 6.08. The first-order valence-corrected chi connectivity index (χ1v) is 7.81. The Morgan fingerprint density at radius 3 is 2.87 bits per heavy atom. The Hall–Kier alpha value is -2.24. The van der Waals surface area contributed by atoms with Crippen LogP contribution in [0.15, 0.2) is 29.4 Å². The Morgan fingerprint density at radius 2 is 2.22 bits per heavy atom. The lowest BCUT2D eigenvalue weighted by Crippen LogP contribution is -2.34. The maximum Gasteiger partial charge on any atom is 0.251 e. The molecule has 0 saturated carbocycles. The second-order valence-electron chi connectivity index (χ2n) is 6.24. The standard InChI is InChI=1S/C17H20FN3O2/c1-11-15(17(23)20(2)19-11)9-16(22)21-7-6-13(10-21)12-4-3-5-14(18)8-12/h3-5,8,13,15H,6-7,9-10H2,1-2H3/t13-,15-/m0/s1. The van der Waals surface area contributed by atoms with Crippen LogP contribution in [0.1, 0.15) is 31.2 Å². The maximum atomic E-state index is 13.3. The molecule has 6 heteroatoms. The van der Waals surface area contributed by atoms with Gasteiger partial charge in [0.2, 0.25) is 5.91 Å². The van der Waals surface area contributed by atoms with E-state index in [1.807, 2.05) is 6.07 Å². The van der Waals surface area contributed by atoms with Gasteiger partial charge in [0.25, 0.3) is 5.91 Å². The molecule has 2 amide bonds. The van der Waals surface area contributed by atoms with E-state index < -0.39 is 5.92 Å². The molecule has 122 valence electrons. The number of amides is 2. The van der Waals surface area contributed by atoms with Gasteiger partial charge in [-0.05, 0) is 31.0 Å². The largest absolute Gasteiger partial charge is 0.342 e. The molecule has 0 N–H and O–H groups in total. The molecule has 2 atom stereocenters. The molecular formula is C17H20FN3O2. The fourth-order valence-electron chi connectivity index (χ4n) is 3.32. The van der Waals surface area contributed by atoms with Crippen LogP contribution in [0.3, 0.4) is 0 Å². The van der Waals surface area contributed by atoms with Crippen LogP contribution in [0.25, 0.3) is 0 Å². The van der Waals surface area contributed by atoms with Gasteiger partial charge in [-0.15, -0.1) is 0 Å². The molecule has 0 radical (unpaired) electrons. The zero-order chi connectivity index (χ0) is 16.6. The van der Waals surface area contributed by atoms with E-state index in [2.05, 4.69) is 5.10 Å². The van der Waals surface area contributed by atoms with Gasteiger partial charge < -0.3 is 4.90 Å². The Balaban J connectivity index is 1.62. The molecule has 2 aliphatic rings. The number of benzene rings is 1. The molecule has 1 saturated heterocycles. The first kappa shape index (κ1) is 15.6. The van der Waals surface area contributed by atoms with E-state index >= 15 is 0 Å². The third-order valence-corrected chi connectivity index (χ3v) is 4.67. The molecule has 0 spiro atoms. The van der Waals surface area contributed by atoms with Gasteiger partial charge in [-0.3, -0.25) is 9.59 Å². The fraction of sp³-hybridized carbons (Fsp3) is 0.471. The smallest absolute Gasteiger partial charge is 0.251 e. The number of hydrazone groups is 1. The molecule has 23 heavy (non-hydrogen) atoms. The van der Waals surface area contributed by atoms with Gasteiger partial charge in [-0.2, -0.15) is 5.10 Å². The number of carbonyl (C=O) groups is 2. The molecule has 0 unspecified atom stereocenters. The van der Waals surface area contributed by atoms with Crippen molar-refractivity contribution in [3.05, 3.63) is 35.6 Å². The molecule has 0 aromatic heterocycles. The number of halogens is 1. The van der Waals surface area contributed by atoms with Gasteiger partial charge in [0, 0.05) is 38.2 Å². The van der Waals surface area contributed by atoms with E-state index in [-0.39, 0.29) is 30.0 Å². The second-order valence-corrected chi connectivity index (χ2v) is 6.24. The summed E-state index contributed by atoms with van der Waals surface area (Å²) in [7, 11) is 1.60.